The lowest BCUT2D eigenvalue weighted by Crippen LogP contribution is -2.45. The fraction of sp³-hybridized carbons (Fsp3) is 0.208. The van der Waals surface area contributed by atoms with Crippen molar-refractivity contribution in [3.8, 4) is 0 Å². The monoisotopic (exact) mass is 400 g/mol. The van der Waals surface area contributed by atoms with Crippen molar-refractivity contribution in [2.75, 3.05) is 26.2 Å². The van der Waals surface area contributed by atoms with Gasteiger partial charge in [-0.15, -0.1) is 0 Å². The topological polar surface area (TPSA) is 62.0 Å². The summed E-state index contributed by atoms with van der Waals surface area (Å²) in [6.45, 7) is 3.48. The average Bonchev–Trinajstić information content (AvgIpc) is 2.80. The van der Waals surface area contributed by atoms with Gasteiger partial charge in [0.25, 0.3) is 5.69 Å². The van der Waals surface area contributed by atoms with E-state index in [1.165, 1.54) is 23.3 Å². The van der Waals surface area contributed by atoms with E-state index in [-0.39, 0.29) is 11.7 Å². The second kappa shape index (κ2) is 9.33. The van der Waals surface area contributed by atoms with Gasteiger partial charge in [-0.1, -0.05) is 60.7 Å². The van der Waals surface area contributed by atoms with E-state index in [1.807, 2.05) is 0 Å². The highest BCUT2D eigenvalue weighted by Crippen LogP contribution is 2.29. The van der Waals surface area contributed by atoms with Crippen molar-refractivity contribution >= 4 is 11.9 Å². The third-order valence-electron chi connectivity index (χ3n) is 5.36. The molecule has 0 amide bonds. The second-order valence-corrected chi connectivity index (χ2v) is 7.31. The Morgan fingerprint density at radius 2 is 1.33 bits per heavy atom. The van der Waals surface area contributed by atoms with Crippen LogP contribution in [0.4, 0.5) is 5.69 Å². The van der Waals surface area contributed by atoms with Crippen molar-refractivity contribution in [3.05, 3.63) is 112 Å². The van der Waals surface area contributed by atoms with E-state index >= 15 is 0 Å². The van der Waals surface area contributed by atoms with Crippen molar-refractivity contribution in [1.29, 1.82) is 0 Å². The van der Waals surface area contributed by atoms with Gasteiger partial charge in [0.15, 0.2) is 0 Å². The summed E-state index contributed by atoms with van der Waals surface area (Å²) in [6, 6.07) is 27.9. The largest absolute Gasteiger partial charge is 0.294 e. The molecule has 0 spiro atoms. The van der Waals surface area contributed by atoms with Crippen LogP contribution in [0.15, 0.2) is 90.0 Å². The van der Waals surface area contributed by atoms with Gasteiger partial charge >= 0.3 is 0 Å². The maximum Gasteiger partial charge on any atom is 0.269 e. The number of nitrogens with zero attached hydrogens (tertiary/aromatic N) is 4. The molecule has 6 heteroatoms. The Morgan fingerprint density at radius 3 is 1.83 bits per heavy atom. The van der Waals surface area contributed by atoms with Gasteiger partial charge in [0.2, 0.25) is 0 Å². The zero-order valence-electron chi connectivity index (χ0n) is 16.7. The van der Waals surface area contributed by atoms with Crippen molar-refractivity contribution in [3.63, 3.8) is 0 Å². The van der Waals surface area contributed by atoms with Crippen LogP contribution in [0.2, 0.25) is 0 Å². The van der Waals surface area contributed by atoms with Gasteiger partial charge in [0.1, 0.15) is 0 Å². The summed E-state index contributed by atoms with van der Waals surface area (Å²) >= 11 is 0. The third-order valence-corrected chi connectivity index (χ3v) is 5.36. The third kappa shape index (κ3) is 4.72. The predicted molar refractivity (Wildman–Crippen MR) is 119 cm³/mol. The van der Waals surface area contributed by atoms with E-state index in [4.69, 9.17) is 0 Å². The van der Waals surface area contributed by atoms with Crippen LogP contribution in [-0.2, 0) is 0 Å². The maximum atomic E-state index is 10.8. The van der Waals surface area contributed by atoms with Gasteiger partial charge in [-0.25, -0.2) is 0 Å². The molecule has 6 nitrogen and oxygen atoms in total. The number of hydrogen-bond acceptors (Lipinski definition) is 5. The lowest BCUT2D eigenvalue weighted by Gasteiger charge is -2.38. The van der Waals surface area contributed by atoms with Crippen LogP contribution < -0.4 is 0 Å². The molecule has 4 rings (SSSR count). The molecule has 3 aromatic carbocycles. The van der Waals surface area contributed by atoms with Gasteiger partial charge in [-0.2, -0.15) is 5.10 Å². The van der Waals surface area contributed by atoms with Crippen molar-refractivity contribution in [2.24, 2.45) is 5.10 Å². The number of piperazine rings is 1. The molecule has 3 aromatic rings. The molecule has 0 radical (unpaired) electrons. The number of hydrogen-bond donors (Lipinski definition) is 0. The summed E-state index contributed by atoms with van der Waals surface area (Å²) in [7, 11) is 0. The van der Waals surface area contributed by atoms with E-state index in [1.54, 1.807) is 18.3 Å². The summed E-state index contributed by atoms with van der Waals surface area (Å²) < 4.78 is 0. The lowest BCUT2D eigenvalue weighted by atomic mass is 9.96. The zero-order chi connectivity index (χ0) is 20.8. The summed E-state index contributed by atoms with van der Waals surface area (Å²) in [5.74, 6) is 0. The smallest absolute Gasteiger partial charge is 0.269 e. The molecule has 0 bridgehead atoms. The summed E-state index contributed by atoms with van der Waals surface area (Å²) in [5.41, 5.74) is 3.54. The molecular weight excluding hydrogens is 376 g/mol. The standard InChI is InChI=1S/C24H24N4O2/c29-28(30)23-13-11-20(12-14-23)19-25-27-17-15-26(16-18-27)24(21-7-3-1-4-8-21)22-9-5-2-6-10-22/h1-14,19,24H,15-18H2/b25-19-. The highest BCUT2D eigenvalue weighted by molar-refractivity contribution is 5.79. The van der Waals surface area contributed by atoms with Crippen LogP contribution in [0.1, 0.15) is 22.7 Å². The van der Waals surface area contributed by atoms with Crippen LogP contribution in [0.5, 0.6) is 0 Å². The van der Waals surface area contributed by atoms with Gasteiger partial charge < -0.3 is 0 Å². The number of hydrazone groups is 1. The molecule has 1 heterocycles. The molecule has 1 saturated heterocycles. The number of nitro benzene ring substituents is 1. The molecule has 1 aliphatic rings. The van der Waals surface area contributed by atoms with Crippen LogP contribution >= 0.6 is 0 Å². The zero-order valence-corrected chi connectivity index (χ0v) is 16.7. The highest BCUT2D eigenvalue weighted by atomic mass is 16.6. The van der Waals surface area contributed by atoms with E-state index in [9.17, 15) is 10.1 Å². The van der Waals surface area contributed by atoms with Crippen LogP contribution in [0.25, 0.3) is 0 Å². The fourth-order valence-corrected chi connectivity index (χ4v) is 3.80. The summed E-state index contributed by atoms with van der Waals surface area (Å²) in [4.78, 5) is 12.9. The van der Waals surface area contributed by atoms with Crippen molar-refractivity contribution in [2.45, 2.75) is 6.04 Å². The molecule has 0 N–H and O–H groups in total. The SMILES string of the molecule is O=[N+]([O-])c1ccc(/C=N\N2CCN(C(c3ccccc3)c3ccccc3)CC2)cc1. The van der Waals surface area contributed by atoms with Crippen molar-refractivity contribution < 1.29 is 4.92 Å². The molecular formula is C24H24N4O2. The van der Waals surface area contributed by atoms with Crippen LogP contribution in [0, 0.1) is 10.1 Å². The lowest BCUT2D eigenvalue weighted by molar-refractivity contribution is -0.384. The number of rotatable bonds is 6. The average molecular weight is 400 g/mol. The first-order valence-corrected chi connectivity index (χ1v) is 10.1. The van der Waals surface area contributed by atoms with Crippen LogP contribution in [-0.4, -0.2) is 47.2 Å². The van der Waals surface area contributed by atoms with E-state index in [2.05, 4.69) is 75.7 Å². The quantitative estimate of drug-likeness (QED) is 0.351. The Labute approximate surface area is 176 Å². The first kappa shape index (κ1) is 19.8. The molecule has 0 aliphatic carbocycles. The number of nitro groups is 1. The van der Waals surface area contributed by atoms with E-state index in [0.29, 0.717) is 0 Å². The Balaban J connectivity index is 1.42. The predicted octanol–water partition coefficient (Wildman–Crippen LogP) is 4.34. The normalized spacial score (nSPS) is 15.0. The van der Waals surface area contributed by atoms with E-state index in [0.717, 1.165) is 31.7 Å². The number of non-ortho nitro benzene ring substituents is 1. The molecule has 152 valence electrons. The molecule has 1 fully saturated rings. The Morgan fingerprint density at radius 1 is 0.800 bits per heavy atom. The first-order valence-electron chi connectivity index (χ1n) is 10.1. The molecule has 0 saturated carbocycles. The van der Waals surface area contributed by atoms with Gasteiger partial charge in [-0.05, 0) is 28.8 Å². The minimum absolute atomic E-state index is 0.0913. The van der Waals surface area contributed by atoms with Crippen LogP contribution in [0.3, 0.4) is 0 Å². The first-order chi connectivity index (χ1) is 14.7. The maximum absolute atomic E-state index is 10.8. The summed E-state index contributed by atoms with van der Waals surface area (Å²) in [6.07, 6.45) is 1.77. The molecule has 0 unspecified atom stereocenters. The molecule has 0 aromatic heterocycles. The Hall–Kier alpha value is -3.51. The Kier molecular flexibility index (Phi) is 6.15. The Bertz CT molecular complexity index is 943. The molecule has 0 atom stereocenters. The van der Waals surface area contributed by atoms with Crippen molar-refractivity contribution in [1.82, 2.24) is 9.91 Å². The molecule has 30 heavy (non-hydrogen) atoms. The highest BCUT2D eigenvalue weighted by Gasteiger charge is 2.25. The van der Waals surface area contributed by atoms with Gasteiger partial charge in [-0.3, -0.25) is 20.0 Å². The van der Waals surface area contributed by atoms with E-state index < -0.39 is 4.92 Å². The van der Waals surface area contributed by atoms with Gasteiger partial charge in [0, 0.05) is 38.3 Å². The fourth-order valence-electron chi connectivity index (χ4n) is 3.80. The second-order valence-electron chi connectivity index (χ2n) is 7.31. The number of benzene rings is 3. The molecule has 1 aliphatic heterocycles. The summed E-state index contributed by atoms with van der Waals surface area (Å²) in [5, 5.41) is 17.4. The minimum atomic E-state index is -0.393. The van der Waals surface area contributed by atoms with Gasteiger partial charge in [0.05, 0.1) is 17.2 Å². The minimum Gasteiger partial charge on any atom is -0.294 e.